The Kier molecular flexibility index (Phi) is 5.97. The van der Waals surface area contributed by atoms with Crippen molar-refractivity contribution in [2.75, 3.05) is 26.2 Å². The summed E-state index contributed by atoms with van der Waals surface area (Å²) in [5.41, 5.74) is 0.0209. The van der Waals surface area contributed by atoms with Crippen LogP contribution in [0, 0.1) is 11.6 Å². The number of amides is 2. The van der Waals surface area contributed by atoms with Gasteiger partial charge in [0.2, 0.25) is 0 Å². The van der Waals surface area contributed by atoms with E-state index in [2.05, 4.69) is 0 Å². The quantitative estimate of drug-likeness (QED) is 0.691. The molecule has 0 radical (unpaired) electrons. The zero-order valence-electron chi connectivity index (χ0n) is 14.2. The number of nitrogens with zero attached hydrogens (tertiary/aromatic N) is 2. The molecule has 0 aliphatic carbocycles. The molecular formula is C19H16Cl2F2N2O2. The molecule has 2 aromatic carbocycles. The summed E-state index contributed by atoms with van der Waals surface area (Å²) in [5, 5.41) is -0.0935. The third-order valence-corrected chi connectivity index (χ3v) is 5.02. The molecule has 0 aromatic heterocycles. The fourth-order valence-corrected chi connectivity index (χ4v) is 3.45. The summed E-state index contributed by atoms with van der Waals surface area (Å²) >= 11 is 11.7. The molecule has 1 saturated heterocycles. The largest absolute Gasteiger partial charge is 0.337 e. The Bertz CT molecular complexity index is 892. The van der Waals surface area contributed by atoms with E-state index in [4.69, 9.17) is 23.2 Å². The van der Waals surface area contributed by atoms with Crippen molar-refractivity contribution in [1.82, 2.24) is 9.80 Å². The maximum atomic E-state index is 13.9. The molecule has 1 fully saturated rings. The van der Waals surface area contributed by atoms with Gasteiger partial charge in [-0.15, -0.1) is 0 Å². The Hall–Kier alpha value is -2.18. The molecule has 4 nitrogen and oxygen atoms in total. The molecular weight excluding hydrogens is 397 g/mol. The summed E-state index contributed by atoms with van der Waals surface area (Å²) in [6.07, 6.45) is 0.514. The molecule has 3 rings (SSSR count). The van der Waals surface area contributed by atoms with E-state index < -0.39 is 23.4 Å². The molecule has 0 atom stereocenters. The topological polar surface area (TPSA) is 40.6 Å². The highest BCUT2D eigenvalue weighted by Gasteiger charge is 2.26. The maximum absolute atomic E-state index is 13.9. The highest BCUT2D eigenvalue weighted by molar-refractivity contribution is 6.36. The summed E-state index contributed by atoms with van der Waals surface area (Å²) < 4.78 is 27.6. The minimum Gasteiger partial charge on any atom is -0.337 e. The summed E-state index contributed by atoms with van der Waals surface area (Å²) in [6, 6.07) is 7.99. The minimum absolute atomic E-state index is 0.0000864. The zero-order chi connectivity index (χ0) is 19.6. The summed E-state index contributed by atoms with van der Waals surface area (Å²) in [5.74, 6) is -2.16. The van der Waals surface area contributed by atoms with Gasteiger partial charge in [-0.25, -0.2) is 8.78 Å². The summed E-state index contributed by atoms with van der Waals surface area (Å²) in [4.78, 5) is 28.3. The smallest absolute Gasteiger partial charge is 0.256 e. The normalized spacial score (nSPS) is 14.8. The van der Waals surface area contributed by atoms with Crippen molar-refractivity contribution in [3.05, 3.63) is 69.2 Å². The predicted molar refractivity (Wildman–Crippen MR) is 99.2 cm³/mol. The number of rotatable bonds is 2. The lowest BCUT2D eigenvalue weighted by atomic mass is 10.2. The van der Waals surface area contributed by atoms with Gasteiger partial charge in [-0.3, -0.25) is 9.59 Å². The van der Waals surface area contributed by atoms with E-state index in [1.165, 1.54) is 34.1 Å². The van der Waals surface area contributed by atoms with Gasteiger partial charge in [0.25, 0.3) is 11.8 Å². The molecule has 0 bridgehead atoms. The fraction of sp³-hybridized carbons (Fsp3) is 0.263. The molecule has 1 aliphatic heterocycles. The van der Waals surface area contributed by atoms with Crippen molar-refractivity contribution in [2.24, 2.45) is 0 Å². The Morgan fingerprint density at radius 3 is 2.00 bits per heavy atom. The van der Waals surface area contributed by atoms with E-state index in [1.807, 2.05) is 0 Å². The van der Waals surface area contributed by atoms with E-state index in [0.29, 0.717) is 19.5 Å². The van der Waals surface area contributed by atoms with Crippen LogP contribution in [0.5, 0.6) is 0 Å². The van der Waals surface area contributed by atoms with Crippen LogP contribution < -0.4 is 0 Å². The molecule has 1 heterocycles. The van der Waals surface area contributed by atoms with Crippen molar-refractivity contribution in [1.29, 1.82) is 0 Å². The van der Waals surface area contributed by atoms with Gasteiger partial charge >= 0.3 is 0 Å². The molecule has 27 heavy (non-hydrogen) atoms. The lowest BCUT2D eigenvalue weighted by Gasteiger charge is -2.23. The first-order valence-electron chi connectivity index (χ1n) is 8.36. The van der Waals surface area contributed by atoms with Crippen molar-refractivity contribution in [2.45, 2.75) is 6.42 Å². The van der Waals surface area contributed by atoms with Crippen LogP contribution in [0.4, 0.5) is 8.78 Å². The monoisotopic (exact) mass is 412 g/mol. The van der Waals surface area contributed by atoms with Crippen LogP contribution >= 0.6 is 23.2 Å². The number of hydrogen-bond acceptors (Lipinski definition) is 2. The van der Waals surface area contributed by atoms with Crippen LogP contribution in [-0.4, -0.2) is 47.8 Å². The second-order valence-electron chi connectivity index (χ2n) is 6.16. The molecule has 142 valence electrons. The average molecular weight is 413 g/mol. The highest BCUT2D eigenvalue weighted by Crippen LogP contribution is 2.26. The van der Waals surface area contributed by atoms with Crippen molar-refractivity contribution in [3.63, 3.8) is 0 Å². The second kappa shape index (κ2) is 8.23. The van der Waals surface area contributed by atoms with Gasteiger partial charge in [0.1, 0.15) is 11.6 Å². The number of carbonyl (C=O) groups excluding carboxylic acids is 2. The maximum Gasteiger partial charge on any atom is 0.256 e. The third kappa shape index (κ3) is 4.22. The van der Waals surface area contributed by atoms with Crippen molar-refractivity contribution < 1.29 is 18.4 Å². The predicted octanol–water partition coefficient (Wildman–Crippen LogP) is 4.26. The molecule has 8 heteroatoms. The first-order valence-corrected chi connectivity index (χ1v) is 9.11. The summed E-state index contributed by atoms with van der Waals surface area (Å²) in [6.45, 7) is 1.24. The Morgan fingerprint density at radius 2 is 1.37 bits per heavy atom. The number of carbonyl (C=O) groups is 2. The van der Waals surface area contributed by atoms with Gasteiger partial charge in [-0.1, -0.05) is 35.3 Å². The fourth-order valence-electron chi connectivity index (χ4n) is 2.99. The van der Waals surface area contributed by atoms with Gasteiger partial charge in [-0.2, -0.15) is 0 Å². The number of halogens is 4. The minimum atomic E-state index is -0.726. The van der Waals surface area contributed by atoms with Crippen LogP contribution in [0.25, 0.3) is 0 Å². The lowest BCUT2D eigenvalue weighted by Crippen LogP contribution is -2.37. The van der Waals surface area contributed by atoms with Gasteiger partial charge in [-0.05, 0) is 30.7 Å². The van der Waals surface area contributed by atoms with Crippen molar-refractivity contribution in [3.8, 4) is 0 Å². The Balaban J connectivity index is 1.73. The molecule has 0 saturated carbocycles. The van der Waals surface area contributed by atoms with Gasteiger partial charge < -0.3 is 9.80 Å². The second-order valence-corrected chi connectivity index (χ2v) is 6.98. The van der Waals surface area contributed by atoms with E-state index in [1.54, 1.807) is 6.07 Å². The first-order chi connectivity index (χ1) is 12.9. The molecule has 1 aliphatic rings. The van der Waals surface area contributed by atoms with Gasteiger partial charge in [0.15, 0.2) is 0 Å². The zero-order valence-corrected chi connectivity index (χ0v) is 15.7. The van der Waals surface area contributed by atoms with Crippen LogP contribution in [0.2, 0.25) is 10.0 Å². The molecule has 2 aromatic rings. The standard InChI is InChI=1S/C19H16Cl2F2N2O2/c20-14-11-15(21)17(23)10-13(14)19(27)25-7-3-6-24(8-9-25)18(26)12-4-1-2-5-16(12)22/h1-2,4-5,10-11H,3,6-9H2. The highest BCUT2D eigenvalue weighted by atomic mass is 35.5. The molecule has 0 N–H and O–H groups in total. The van der Waals surface area contributed by atoms with Gasteiger partial charge in [0.05, 0.1) is 21.2 Å². The summed E-state index contributed by atoms with van der Waals surface area (Å²) in [7, 11) is 0. The molecule has 0 unspecified atom stereocenters. The Labute approximate surface area is 165 Å². The lowest BCUT2D eigenvalue weighted by molar-refractivity contribution is 0.0716. The van der Waals surface area contributed by atoms with Crippen LogP contribution in [0.1, 0.15) is 27.1 Å². The van der Waals surface area contributed by atoms with Crippen LogP contribution in [0.15, 0.2) is 36.4 Å². The Morgan fingerprint density at radius 1 is 0.778 bits per heavy atom. The van der Waals surface area contributed by atoms with Crippen LogP contribution in [-0.2, 0) is 0 Å². The molecule has 0 spiro atoms. The van der Waals surface area contributed by atoms with E-state index in [0.717, 1.165) is 6.07 Å². The first kappa shape index (κ1) is 19.6. The van der Waals surface area contributed by atoms with E-state index in [-0.39, 0.29) is 34.3 Å². The number of benzene rings is 2. The third-order valence-electron chi connectivity index (χ3n) is 4.41. The SMILES string of the molecule is O=C(c1ccccc1F)N1CCCN(C(=O)c2cc(F)c(Cl)cc2Cl)CC1. The van der Waals surface area contributed by atoms with E-state index >= 15 is 0 Å². The van der Waals surface area contributed by atoms with E-state index in [9.17, 15) is 18.4 Å². The van der Waals surface area contributed by atoms with Crippen LogP contribution in [0.3, 0.4) is 0 Å². The van der Waals surface area contributed by atoms with Gasteiger partial charge in [0, 0.05) is 26.2 Å². The van der Waals surface area contributed by atoms with Crippen molar-refractivity contribution >= 4 is 35.0 Å². The number of hydrogen-bond donors (Lipinski definition) is 0. The average Bonchev–Trinajstić information content (AvgIpc) is 2.90. The molecule has 2 amide bonds.